The van der Waals surface area contributed by atoms with Crippen LogP contribution in [-0.2, 0) is 15.5 Å². The lowest BCUT2D eigenvalue weighted by Gasteiger charge is -2.42. The van der Waals surface area contributed by atoms with Gasteiger partial charge in [0.05, 0.1) is 16.6 Å². The van der Waals surface area contributed by atoms with Gasteiger partial charge in [-0.1, -0.05) is 20.3 Å². The lowest BCUT2D eigenvalue weighted by Crippen LogP contribution is -2.53. The van der Waals surface area contributed by atoms with Gasteiger partial charge >= 0.3 is 0 Å². The van der Waals surface area contributed by atoms with Gasteiger partial charge < -0.3 is 10.5 Å². The molecule has 17 heavy (non-hydrogen) atoms. The first-order valence-electron chi connectivity index (χ1n) is 6.70. The average Bonchev–Trinajstić information content (AvgIpc) is 2.68. The minimum absolute atomic E-state index is 0.0601. The molecule has 1 saturated heterocycles. The molecule has 5 atom stereocenters. The van der Waals surface area contributed by atoms with Crippen LogP contribution in [0.5, 0.6) is 0 Å². The summed E-state index contributed by atoms with van der Waals surface area (Å²) in [6.07, 6.45) is 4.38. The summed E-state index contributed by atoms with van der Waals surface area (Å²) < 4.78 is 18.2. The molecule has 1 aliphatic carbocycles. The van der Waals surface area contributed by atoms with E-state index in [1.165, 1.54) is 0 Å². The lowest BCUT2D eigenvalue weighted by molar-refractivity contribution is 0.126. The molecule has 0 aromatic rings. The van der Waals surface area contributed by atoms with Gasteiger partial charge in [0.1, 0.15) is 0 Å². The van der Waals surface area contributed by atoms with E-state index in [0.717, 1.165) is 32.3 Å². The molecule has 5 unspecified atom stereocenters. The van der Waals surface area contributed by atoms with Crippen molar-refractivity contribution in [2.75, 3.05) is 6.61 Å². The van der Waals surface area contributed by atoms with Crippen LogP contribution >= 0.6 is 0 Å². The van der Waals surface area contributed by atoms with E-state index in [2.05, 4.69) is 13.8 Å². The van der Waals surface area contributed by atoms with E-state index in [1.54, 1.807) is 0 Å². The number of nitrogens with two attached hydrogens (primary N) is 1. The summed E-state index contributed by atoms with van der Waals surface area (Å²) in [5.41, 5.74) is 6.46. The standard InChI is InChI=1S/C13H25NO2S/c1-9-10(6-8-16-9)17(15)11-5-4-7-13(2,3)12(11)14/h9-12H,4-8,14H2,1-3H3. The molecule has 2 rings (SSSR count). The molecule has 3 nitrogen and oxygen atoms in total. The van der Waals surface area contributed by atoms with Crippen molar-refractivity contribution in [3.63, 3.8) is 0 Å². The molecular weight excluding hydrogens is 234 g/mol. The number of ether oxygens (including phenoxy) is 1. The SMILES string of the molecule is CC1OCCC1S(=O)C1CCCC(C)(C)C1N. The van der Waals surface area contributed by atoms with Crippen molar-refractivity contribution >= 4 is 10.8 Å². The Morgan fingerprint density at radius 1 is 1.29 bits per heavy atom. The first kappa shape index (κ1) is 13.5. The Morgan fingerprint density at radius 3 is 2.59 bits per heavy atom. The Kier molecular flexibility index (Phi) is 3.96. The van der Waals surface area contributed by atoms with E-state index in [0.29, 0.717) is 0 Å². The van der Waals surface area contributed by atoms with Gasteiger partial charge in [-0.25, -0.2) is 0 Å². The maximum Gasteiger partial charge on any atom is 0.0691 e. The fraction of sp³-hybridized carbons (Fsp3) is 1.00. The van der Waals surface area contributed by atoms with Crippen LogP contribution in [-0.4, -0.2) is 33.5 Å². The van der Waals surface area contributed by atoms with Gasteiger partial charge in [0, 0.05) is 23.4 Å². The molecule has 0 radical (unpaired) electrons. The molecule has 0 aromatic carbocycles. The molecule has 0 amide bonds. The van der Waals surface area contributed by atoms with Crippen LogP contribution in [0.3, 0.4) is 0 Å². The Hall–Kier alpha value is 0.0700. The lowest BCUT2D eigenvalue weighted by atomic mass is 9.73. The Labute approximate surface area is 107 Å². The van der Waals surface area contributed by atoms with Gasteiger partial charge in [-0.3, -0.25) is 4.21 Å². The zero-order valence-electron chi connectivity index (χ0n) is 11.1. The zero-order chi connectivity index (χ0) is 12.6. The second-order valence-corrected chi connectivity index (χ2v) is 8.04. The molecule has 4 heteroatoms. The molecule has 100 valence electrons. The highest BCUT2D eigenvalue weighted by Gasteiger charge is 2.43. The van der Waals surface area contributed by atoms with E-state index in [9.17, 15) is 4.21 Å². The van der Waals surface area contributed by atoms with Crippen molar-refractivity contribution < 1.29 is 8.95 Å². The van der Waals surface area contributed by atoms with Crippen molar-refractivity contribution in [1.29, 1.82) is 0 Å². The molecule has 1 saturated carbocycles. The minimum Gasteiger partial charge on any atom is -0.377 e. The molecule has 0 spiro atoms. The van der Waals surface area contributed by atoms with Gasteiger partial charge in [-0.15, -0.1) is 0 Å². The van der Waals surface area contributed by atoms with E-state index in [4.69, 9.17) is 10.5 Å². The van der Waals surface area contributed by atoms with Crippen LogP contribution < -0.4 is 5.73 Å². The molecule has 1 heterocycles. The number of rotatable bonds is 2. The molecule has 2 fully saturated rings. The van der Waals surface area contributed by atoms with Gasteiger partial charge in [-0.05, 0) is 31.6 Å². The Morgan fingerprint density at radius 2 is 2.00 bits per heavy atom. The van der Waals surface area contributed by atoms with Crippen LogP contribution in [0.4, 0.5) is 0 Å². The predicted molar refractivity (Wildman–Crippen MR) is 71.4 cm³/mol. The largest absolute Gasteiger partial charge is 0.377 e. The quantitative estimate of drug-likeness (QED) is 0.823. The minimum atomic E-state index is -0.839. The molecular formula is C13H25NO2S. The van der Waals surface area contributed by atoms with Crippen LogP contribution in [0, 0.1) is 5.41 Å². The second kappa shape index (κ2) is 4.98. The first-order valence-corrected chi connectivity index (χ1v) is 7.97. The third kappa shape index (κ3) is 2.59. The van der Waals surface area contributed by atoms with Crippen LogP contribution in [0.25, 0.3) is 0 Å². The summed E-state index contributed by atoms with van der Waals surface area (Å²) in [4.78, 5) is 0. The fourth-order valence-electron chi connectivity index (χ4n) is 3.11. The van der Waals surface area contributed by atoms with Gasteiger partial charge in [0.2, 0.25) is 0 Å². The van der Waals surface area contributed by atoms with Crippen molar-refractivity contribution in [3.05, 3.63) is 0 Å². The highest BCUT2D eigenvalue weighted by atomic mass is 32.2. The smallest absolute Gasteiger partial charge is 0.0691 e. The number of hydrogen-bond acceptors (Lipinski definition) is 3. The summed E-state index contributed by atoms with van der Waals surface area (Å²) >= 11 is 0. The average molecular weight is 259 g/mol. The highest BCUT2D eigenvalue weighted by molar-refractivity contribution is 7.86. The summed E-state index contributed by atoms with van der Waals surface area (Å²) in [6, 6.07) is 0.0601. The maximum atomic E-state index is 12.7. The van der Waals surface area contributed by atoms with E-state index >= 15 is 0 Å². The van der Waals surface area contributed by atoms with E-state index in [-0.39, 0.29) is 28.1 Å². The molecule has 0 bridgehead atoms. The van der Waals surface area contributed by atoms with E-state index < -0.39 is 10.8 Å². The Balaban J connectivity index is 2.08. The van der Waals surface area contributed by atoms with Crippen LogP contribution in [0.1, 0.15) is 46.5 Å². The van der Waals surface area contributed by atoms with Crippen molar-refractivity contribution in [2.45, 2.75) is 69.1 Å². The summed E-state index contributed by atoms with van der Waals surface area (Å²) in [5, 5.41) is 0.354. The predicted octanol–water partition coefficient (Wildman–Crippen LogP) is 1.82. The first-order chi connectivity index (χ1) is 7.93. The fourth-order valence-corrected chi connectivity index (χ4v) is 5.40. The normalized spacial score (nSPS) is 43.5. The van der Waals surface area contributed by atoms with Gasteiger partial charge in [0.25, 0.3) is 0 Å². The zero-order valence-corrected chi connectivity index (χ0v) is 12.0. The molecule has 2 N–H and O–H groups in total. The van der Waals surface area contributed by atoms with Crippen molar-refractivity contribution in [3.8, 4) is 0 Å². The molecule has 0 aromatic heterocycles. The van der Waals surface area contributed by atoms with Crippen molar-refractivity contribution in [1.82, 2.24) is 0 Å². The van der Waals surface area contributed by atoms with Crippen molar-refractivity contribution in [2.24, 2.45) is 11.1 Å². The molecule has 1 aliphatic heterocycles. The van der Waals surface area contributed by atoms with Gasteiger partial charge in [-0.2, -0.15) is 0 Å². The van der Waals surface area contributed by atoms with Crippen LogP contribution in [0.2, 0.25) is 0 Å². The Bertz CT molecular complexity index is 306. The maximum absolute atomic E-state index is 12.7. The summed E-state index contributed by atoms with van der Waals surface area (Å²) in [7, 11) is -0.839. The summed E-state index contributed by atoms with van der Waals surface area (Å²) in [6.45, 7) is 7.20. The topological polar surface area (TPSA) is 52.3 Å². The number of hydrogen-bond donors (Lipinski definition) is 1. The monoisotopic (exact) mass is 259 g/mol. The third-order valence-electron chi connectivity index (χ3n) is 4.52. The highest BCUT2D eigenvalue weighted by Crippen LogP contribution is 2.38. The molecule has 2 aliphatic rings. The van der Waals surface area contributed by atoms with Crippen LogP contribution in [0.15, 0.2) is 0 Å². The van der Waals surface area contributed by atoms with Gasteiger partial charge in [0.15, 0.2) is 0 Å². The second-order valence-electron chi connectivity index (χ2n) is 6.18. The van der Waals surface area contributed by atoms with E-state index in [1.807, 2.05) is 6.92 Å². The third-order valence-corrected chi connectivity index (χ3v) is 6.86. The summed E-state index contributed by atoms with van der Waals surface area (Å²) in [5.74, 6) is 0.